The first-order valence-corrected chi connectivity index (χ1v) is 13.5. The molecule has 0 spiro atoms. The van der Waals surface area contributed by atoms with Crippen LogP contribution in [0, 0.1) is 11.7 Å². The fourth-order valence-electron chi connectivity index (χ4n) is 4.50. The Morgan fingerprint density at radius 2 is 1.92 bits per heavy atom. The van der Waals surface area contributed by atoms with Gasteiger partial charge in [-0.05, 0) is 49.6 Å². The van der Waals surface area contributed by atoms with Crippen molar-refractivity contribution in [2.45, 2.75) is 45.4 Å². The van der Waals surface area contributed by atoms with Crippen molar-refractivity contribution < 1.29 is 24.1 Å². The molecule has 2 unspecified atom stereocenters. The number of benzene rings is 1. The highest BCUT2D eigenvalue weighted by atomic mass is 32.1. The maximum absolute atomic E-state index is 15.0. The molecule has 0 saturated carbocycles. The third-order valence-electron chi connectivity index (χ3n) is 6.70. The van der Waals surface area contributed by atoms with Crippen LogP contribution in [0.5, 0.6) is 0 Å². The lowest BCUT2D eigenvalue weighted by Crippen LogP contribution is -2.45. The molecule has 2 atom stereocenters. The van der Waals surface area contributed by atoms with Crippen molar-refractivity contribution in [2.24, 2.45) is 11.7 Å². The van der Waals surface area contributed by atoms with E-state index in [0.29, 0.717) is 58.8 Å². The lowest BCUT2D eigenvalue weighted by Gasteiger charge is -2.38. The monoisotopic (exact) mass is 542 g/mol. The van der Waals surface area contributed by atoms with Crippen molar-refractivity contribution in [3.05, 3.63) is 65.1 Å². The molecule has 2 aromatic heterocycles. The van der Waals surface area contributed by atoms with E-state index in [1.54, 1.807) is 38.1 Å². The number of hydrogen-bond acceptors (Lipinski definition) is 8. The molecule has 4 rings (SSSR count). The number of pyridine rings is 1. The van der Waals surface area contributed by atoms with E-state index in [1.807, 2.05) is 26.0 Å². The number of aromatic nitrogens is 1. The van der Waals surface area contributed by atoms with E-state index in [2.05, 4.69) is 10.2 Å². The molecule has 1 aromatic carbocycles. The third kappa shape index (κ3) is 6.22. The Morgan fingerprint density at radius 1 is 1.21 bits per heavy atom. The highest BCUT2D eigenvalue weighted by molar-refractivity contribution is 7.19. The smallest absolute Gasteiger partial charge is 0.251 e. The lowest BCUT2D eigenvalue weighted by molar-refractivity contribution is -0.0371. The largest absolute Gasteiger partial charge is 0.391 e. The number of carbonyl (C=O) groups is 1. The number of nitrogens with zero attached hydrogens (tertiary/aromatic N) is 2. The summed E-state index contributed by atoms with van der Waals surface area (Å²) in [7, 11) is 0. The van der Waals surface area contributed by atoms with E-state index >= 15 is 4.39 Å². The van der Waals surface area contributed by atoms with Crippen molar-refractivity contribution in [1.82, 2.24) is 9.88 Å². The number of amides is 1. The number of aliphatic hydroxyl groups is 2. The number of nitrogens with one attached hydrogen (secondary N) is 1. The third-order valence-corrected chi connectivity index (χ3v) is 7.78. The van der Waals surface area contributed by atoms with Crippen LogP contribution in [0.15, 0.2) is 42.5 Å². The van der Waals surface area contributed by atoms with Crippen molar-refractivity contribution in [2.75, 3.05) is 31.6 Å². The van der Waals surface area contributed by atoms with Crippen LogP contribution in [0.4, 0.5) is 15.2 Å². The van der Waals surface area contributed by atoms with Gasteiger partial charge >= 0.3 is 0 Å². The van der Waals surface area contributed by atoms with Crippen LogP contribution in [-0.4, -0.2) is 58.4 Å². The van der Waals surface area contributed by atoms with Gasteiger partial charge in [-0.3, -0.25) is 9.69 Å². The number of carbonyl (C=O) groups excluding carboxylic acids is 1. The summed E-state index contributed by atoms with van der Waals surface area (Å²) < 4.78 is 20.5. The van der Waals surface area contributed by atoms with Gasteiger partial charge in [-0.15, -0.1) is 11.3 Å². The SMILES string of the molecule is CC(C)C(O)C(c1cccc(Nc2sc(-c3ccc(C(C)(C)O)cc3F)cc2C(N)=O)n1)N1CCOCC1. The van der Waals surface area contributed by atoms with Crippen molar-refractivity contribution >= 4 is 28.1 Å². The number of ether oxygens (including phenoxy) is 1. The van der Waals surface area contributed by atoms with Gasteiger partial charge in [0.25, 0.3) is 5.91 Å². The van der Waals surface area contributed by atoms with Crippen LogP contribution in [0.3, 0.4) is 0 Å². The number of rotatable bonds is 9. The van der Waals surface area contributed by atoms with Crippen LogP contribution in [0.1, 0.15) is 55.4 Å². The molecule has 1 aliphatic rings. The molecule has 5 N–H and O–H groups in total. The van der Waals surface area contributed by atoms with Crippen LogP contribution in [-0.2, 0) is 10.3 Å². The minimum absolute atomic E-state index is 0.0141. The molecule has 38 heavy (non-hydrogen) atoms. The van der Waals surface area contributed by atoms with Crippen molar-refractivity contribution in [3.8, 4) is 10.4 Å². The van der Waals surface area contributed by atoms with Crippen LogP contribution < -0.4 is 11.1 Å². The van der Waals surface area contributed by atoms with Crippen molar-refractivity contribution in [3.63, 3.8) is 0 Å². The van der Waals surface area contributed by atoms with Gasteiger partial charge in [0.1, 0.15) is 16.6 Å². The number of hydrogen-bond donors (Lipinski definition) is 4. The lowest BCUT2D eigenvalue weighted by atomic mass is 9.95. The molecular formula is C28H35FN4O4S. The topological polar surface area (TPSA) is 121 Å². The standard InChI is InChI=1S/C28H35FN4O4S/c1-16(2)25(34)24(33-10-12-37-13-11-33)21-6-5-7-23(31-21)32-27-19(26(30)35)15-22(38-27)18-9-8-17(14-20(18)29)28(3,4)36/h5-9,14-16,24-25,34,36H,10-13H2,1-4H3,(H2,30,35)(H,31,32). The number of halogens is 1. The molecular weight excluding hydrogens is 507 g/mol. The Balaban J connectivity index is 1.66. The summed E-state index contributed by atoms with van der Waals surface area (Å²) in [5, 5.41) is 24.9. The Labute approximate surface area is 226 Å². The van der Waals surface area contributed by atoms with E-state index in [9.17, 15) is 15.0 Å². The van der Waals surface area contributed by atoms with Gasteiger partial charge in [-0.25, -0.2) is 9.37 Å². The predicted molar refractivity (Wildman–Crippen MR) is 147 cm³/mol. The fraction of sp³-hybridized carbons (Fsp3) is 0.429. The van der Waals surface area contributed by atoms with Crippen LogP contribution in [0.25, 0.3) is 10.4 Å². The van der Waals surface area contributed by atoms with Gasteiger partial charge in [0.2, 0.25) is 0 Å². The maximum Gasteiger partial charge on any atom is 0.251 e. The van der Waals surface area contributed by atoms with Crippen molar-refractivity contribution in [1.29, 1.82) is 0 Å². The van der Waals surface area contributed by atoms with Gasteiger partial charge in [-0.1, -0.05) is 32.0 Å². The molecule has 0 bridgehead atoms. The average molecular weight is 543 g/mol. The Morgan fingerprint density at radius 3 is 2.53 bits per heavy atom. The minimum atomic E-state index is -1.18. The zero-order chi connectivity index (χ0) is 27.6. The molecule has 3 aromatic rings. The zero-order valence-corrected chi connectivity index (χ0v) is 22.9. The molecule has 1 fully saturated rings. The Kier molecular flexibility index (Phi) is 8.49. The van der Waals surface area contributed by atoms with E-state index in [1.165, 1.54) is 17.4 Å². The summed E-state index contributed by atoms with van der Waals surface area (Å²) in [6.07, 6.45) is -0.639. The molecule has 204 valence electrons. The molecule has 3 heterocycles. The second kappa shape index (κ2) is 11.5. The molecule has 0 radical (unpaired) electrons. The summed E-state index contributed by atoms with van der Waals surface area (Å²) in [5.74, 6) is -0.670. The van der Waals surface area contributed by atoms with Crippen LogP contribution in [0.2, 0.25) is 0 Å². The predicted octanol–water partition coefficient (Wildman–Crippen LogP) is 4.41. The van der Waals surface area contributed by atoms with E-state index in [0.717, 1.165) is 0 Å². The highest BCUT2D eigenvalue weighted by Gasteiger charge is 2.32. The zero-order valence-electron chi connectivity index (χ0n) is 22.1. The number of primary amides is 1. The van der Waals surface area contributed by atoms with Gasteiger partial charge in [-0.2, -0.15) is 0 Å². The first-order chi connectivity index (χ1) is 18.0. The van der Waals surface area contributed by atoms with Crippen LogP contribution >= 0.6 is 11.3 Å². The fourth-order valence-corrected chi connectivity index (χ4v) is 5.59. The Hall–Kier alpha value is -2.89. The molecule has 10 heteroatoms. The number of aliphatic hydroxyl groups excluding tert-OH is 1. The number of nitrogens with two attached hydrogens (primary N) is 1. The molecule has 0 aliphatic carbocycles. The quantitative estimate of drug-likeness (QED) is 0.316. The summed E-state index contributed by atoms with van der Waals surface area (Å²) in [4.78, 5) is 19.7. The number of thiophene rings is 1. The normalized spacial score (nSPS) is 16.4. The second-order valence-electron chi connectivity index (χ2n) is 10.4. The first-order valence-electron chi connectivity index (χ1n) is 12.7. The van der Waals surface area contributed by atoms with E-state index in [-0.39, 0.29) is 17.5 Å². The molecule has 1 amide bonds. The number of anilines is 2. The molecule has 1 aliphatic heterocycles. The van der Waals surface area contributed by atoms with E-state index < -0.39 is 23.4 Å². The summed E-state index contributed by atoms with van der Waals surface area (Å²) in [6.45, 7) is 9.67. The summed E-state index contributed by atoms with van der Waals surface area (Å²) in [5.41, 5.74) is 6.14. The van der Waals surface area contributed by atoms with Gasteiger partial charge in [0, 0.05) is 23.5 Å². The van der Waals surface area contributed by atoms with E-state index in [4.69, 9.17) is 15.5 Å². The summed E-state index contributed by atoms with van der Waals surface area (Å²) >= 11 is 1.19. The average Bonchev–Trinajstić information content (AvgIpc) is 3.28. The first kappa shape index (κ1) is 28.1. The van der Waals surface area contributed by atoms with Gasteiger partial charge < -0.3 is 26.0 Å². The molecule has 8 nitrogen and oxygen atoms in total. The second-order valence-corrected chi connectivity index (χ2v) is 11.4. The number of morpholine rings is 1. The maximum atomic E-state index is 15.0. The Bertz CT molecular complexity index is 1280. The molecule has 1 saturated heterocycles. The van der Waals surface area contributed by atoms with Gasteiger partial charge in [0.15, 0.2) is 0 Å². The highest BCUT2D eigenvalue weighted by Crippen LogP contribution is 2.39. The summed E-state index contributed by atoms with van der Waals surface area (Å²) in [6, 6.07) is 11.3. The minimum Gasteiger partial charge on any atom is -0.391 e. The van der Waals surface area contributed by atoms with Gasteiger partial charge in [0.05, 0.1) is 42.2 Å².